The van der Waals surface area contributed by atoms with E-state index in [0.29, 0.717) is 5.56 Å². The molecule has 0 aliphatic rings. The van der Waals surface area contributed by atoms with Gasteiger partial charge in [-0.1, -0.05) is 121 Å². The van der Waals surface area contributed by atoms with Gasteiger partial charge in [-0.05, 0) is 0 Å². The second-order valence-corrected chi connectivity index (χ2v) is 10.1. The van der Waals surface area contributed by atoms with E-state index in [2.05, 4.69) is 6.07 Å². The summed E-state index contributed by atoms with van der Waals surface area (Å²) in [5, 5.41) is 13.0. The van der Waals surface area contributed by atoms with Gasteiger partial charge in [0.2, 0.25) is 0 Å². The maximum absolute atomic E-state index is 12.8. The molecule has 0 unspecified atom stereocenters. The van der Waals surface area contributed by atoms with Crippen LogP contribution in [0.15, 0.2) is 138 Å². The second kappa shape index (κ2) is 9.88. The van der Waals surface area contributed by atoms with Crippen molar-refractivity contribution < 1.29 is 4.79 Å². The zero-order valence-corrected chi connectivity index (χ0v) is 18.3. The molecule has 0 saturated carbocycles. The summed E-state index contributed by atoms with van der Waals surface area (Å²) in [4.78, 5) is 12.8. The summed E-state index contributed by atoms with van der Waals surface area (Å²) in [6.45, 7) is 0. The number of ketones is 1. The minimum atomic E-state index is -2.59. The van der Waals surface area contributed by atoms with Crippen LogP contribution < -0.4 is 15.9 Å². The average molecular weight is 432 g/mol. The number of hydrogen-bond acceptors (Lipinski definition) is 3. The van der Waals surface area contributed by atoms with Gasteiger partial charge in [0.15, 0.2) is 5.78 Å². The molecule has 4 heteroatoms. The lowest BCUT2D eigenvalue weighted by Crippen LogP contribution is -2.25. The fraction of sp³-hybridized carbons (Fsp3) is 0. The van der Waals surface area contributed by atoms with E-state index in [9.17, 15) is 10.1 Å². The molecule has 4 rings (SSSR count). The van der Waals surface area contributed by atoms with Crippen LogP contribution in [0.5, 0.6) is 0 Å². The Hall–Kier alpha value is -3.99. The molecule has 4 aromatic carbocycles. The molecule has 0 bridgehead atoms. The number of carbonyl (C=O) groups is 1. The van der Waals surface area contributed by atoms with Gasteiger partial charge in [0.05, 0.1) is 7.05 Å². The van der Waals surface area contributed by atoms with Crippen molar-refractivity contribution in [2.45, 2.75) is 0 Å². The standard InChI is InChI=1S/C28H21N2OP/c29-22-24(21-28(31)23-13-5-1-6-14-23)30-32(25-15-7-2-8-16-25,26-17-9-3-10-18-26)27-19-11-4-12-20-27/h1-21H. The van der Waals surface area contributed by atoms with Crippen LogP contribution in [0.25, 0.3) is 0 Å². The molecule has 0 aromatic heterocycles. The molecule has 0 aliphatic heterocycles. The maximum Gasteiger partial charge on any atom is 0.188 e. The van der Waals surface area contributed by atoms with E-state index < -0.39 is 7.05 Å². The SMILES string of the molecule is N#CC(=CC(=O)c1ccccc1)N=P(c1ccccc1)(c1ccccc1)c1ccccc1. The predicted molar refractivity (Wildman–Crippen MR) is 132 cm³/mol. The number of carbonyl (C=O) groups excluding carboxylic acids is 1. The van der Waals surface area contributed by atoms with Gasteiger partial charge in [-0.15, -0.1) is 0 Å². The minimum absolute atomic E-state index is 0.115. The number of nitriles is 1. The third-order valence-corrected chi connectivity index (χ3v) is 8.74. The highest BCUT2D eigenvalue weighted by molar-refractivity contribution is 7.87. The number of hydrogen-bond donors (Lipinski definition) is 0. The fourth-order valence-electron chi connectivity index (χ4n) is 3.61. The zero-order valence-electron chi connectivity index (χ0n) is 17.4. The van der Waals surface area contributed by atoms with Crippen LogP contribution in [0.2, 0.25) is 0 Å². The van der Waals surface area contributed by atoms with Gasteiger partial charge in [-0.25, -0.2) is 4.74 Å². The van der Waals surface area contributed by atoms with Crippen LogP contribution in [0.1, 0.15) is 10.4 Å². The Morgan fingerprint density at radius 3 is 1.41 bits per heavy atom. The van der Waals surface area contributed by atoms with Crippen LogP contribution >= 0.6 is 7.05 Å². The molecule has 0 atom stereocenters. The molecule has 0 N–H and O–H groups in total. The number of rotatable bonds is 6. The molecular weight excluding hydrogens is 411 g/mol. The first-order chi connectivity index (χ1) is 15.7. The smallest absolute Gasteiger partial charge is 0.188 e. The maximum atomic E-state index is 12.8. The Balaban J connectivity index is 2.03. The molecule has 154 valence electrons. The zero-order chi connectivity index (χ0) is 22.2. The largest absolute Gasteiger partial charge is 0.289 e. The fourth-order valence-corrected chi connectivity index (χ4v) is 7.08. The number of benzene rings is 4. The lowest BCUT2D eigenvalue weighted by molar-refractivity contribution is 0.104. The lowest BCUT2D eigenvalue weighted by atomic mass is 10.1. The predicted octanol–water partition coefficient (Wildman–Crippen LogP) is 5.45. The minimum Gasteiger partial charge on any atom is -0.289 e. The van der Waals surface area contributed by atoms with Crippen molar-refractivity contribution in [2.75, 3.05) is 0 Å². The van der Waals surface area contributed by atoms with Crippen molar-refractivity contribution in [1.82, 2.24) is 0 Å². The van der Waals surface area contributed by atoms with E-state index in [-0.39, 0.29) is 11.5 Å². The van der Waals surface area contributed by atoms with Crippen LogP contribution in [0.3, 0.4) is 0 Å². The molecule has 0 spiro atoms. The van der Waals surface area contributed by atoms with E-state index in [1.165, 1.54) is 6.08 Å². The Kier molecular flexibility index (Phi) is 6.56. The molecule has 0 fully saturated rings. The average Bonchev–Trinajstić information content (AvgIpc) is 2.88. The molecule has 0 saturated heterocycles. The van der Waals surface area contributed by atoms with Gasteiger partial charge in [0, 0.05) is 27.6 Å². The summed E-state index contributed by atoms with van der Waals surface area (Å²) in [7, 11) is -2.59. The van der Waals surface area contributed by atoms with Crippen LogP contribution in [0.4, 0.5) is 0 Å². The Labute approximate surface area is 188 Å². The highest BCUT2D eigenvalue weighted by atomic mass is 31.2. The van der Waals surface area contributed by atoms with Gasteiger partial charge in [0.25, 0.3) is 0 Å². The molecule has 4 aromatic rings. The van der Waals surface area contributed by atoms with Gasteiger partial charge < -0.3 is 0 Å². The molecule has 0 amide bonds. The van der Waals surface area contributed by atoms with Gasteiger partial charge in [0.1, 0.15) is 11.8 Å². The molecular formula is C28H21N2OP. The first kappa shape index (κ1) is 21.2. The van der Waals surface area contributed by atoms with Crippen molar-refractivity contribution in [3.05, 3.63) is 139 Å². The van der Waals surface area contributed by atoms with Crippen LogP contribution in [-0.4, -0.2) is 5.78 Å². The first-order valence-corrected chi connectivity index (χ1v) is 12.0. The van der Waals surface area contributed by atoms with E-state index in [0.717, 1.165) is 15.9 Å². The second-order valence-electron chi connectivity index (χ2n) is 7.11. The highest BCUT2D eigenvalue weighted by Gasteiger charge is 2.27. The van der Waals surface area contributed by atoms with Crippen molar-refractivity contribution in [3.63, 3.8) is 0 Å². The van der Waals surface area contributed by atoms with Gasteiger partial charge in [-0.2, -0.15) is 5.26 Å². The van der Waals surface area contributed by atoms with E-state index >= 15 is 0 Å². The molecule has 0 heterocycles. The number of allylic oxidation sites excluding steroid dienone is 2. The van der Waals surface area contributed by atoms with E-state index in [4.69, 9.17) is 4.74 Å². The Morgan fingerprint density at radius 1 is 0.656 bits per heavy atom. The highest BCUT2D eigenvalue weighted by Crippen LogP contribution is 2.47. The summed E-state index contributed by atoms with van der Waals surface area (Å²) in [5.41, 5.74) is 0.641. The lowest BCUT2D eigenvalue weighted by Gasteiger charge is -2.26. The van der Waals surface area contributed by atoms with Crippen LogP contribution in [0, 0.1) is 11.3 Å². The van der Waals surface area contributed by atoms with Gasteiger partial charge in [-0.3, -0.25) is 4.79 Å². The Bertz CT molecular complexity index is 1220. The Morgan fingerprint density at radius 2 is 1.03 bits per heavy atom. The molecule has 32 heavy (non-hydrogen) atoms. The number of nitrogens with zero attached hydrogens (tertiary/aromatic N) is 2. The van der Waals surface area contributed by atoms with Crippen molar-refractivity contribution in [1.29, 1.82) is 5.26 Å². The van der Waals surface area contributed by atoms with Crippen molar-refractivity contribution >= 4 is 28.8 Å². The summed E-state index contributed by atoms with van der Waals surface area (Å²) < 4.78 is 5.09. The van der Waals surface area contributed by atoms with E-state index in [1.54, 1.807) is 24.3 Å². The van der Waals surface area contributed by atoms with Gasteiger partial charge >= 0.3 is 0 Å². The topological polar surface area (TPSA) is 53.2 Å². The molecule has 0 radical (unpaired) electrons. The summed E-state index contributed by atoms with van der Waals surface area (Å²) >= 11 is 0. The van der Waals surface area contributed by atoms with Crippen molar-refractivity contribution in [2.24, 2.45) is 4.74 Å². The molecule has 3 nitrogen and oxygen atoms in total. The quantitative estimate of drug-likeness (QED) is 0.176. The summed E-state index contributed by atoms with van der Waals surface area (Å²) in [6, 6.07) is 41.2. The third kappa shape index (κ3) is 4.37. The summed E-state index contributed by atoms with van der Waals surface area (Å²) in [6.07, 6.45) is 1.35. The van der Waals surface area contributed by atoms with Crippen molar-refractivity contribution in [3.8, 4) is 6.07 Å². The van der Waals surface area contributed by atoms with Crippen LogP contribution in [-0.2, 0) is 0 Å². The first-order valence-electron chi connectivity index (χ1n) is 10.2. The van der Waals surface area contributed by atoms with E-state index in [1.807, 2.05) is 97.1 Å². The normalized spacial score (nSPS) is 11.4. The monoisotopic (exact) mass is 432 g/mol. The molecule has 0 aliphatic carbocycles. The third-order valence-electron chi connectivity index (χ3n) is 5.09. The summed E-state index contributed by atoms with van der Waals surface area (Å²) in [5.74, 6) is -0.238.